The Kier molecular flexibility index (Phi) is 11.9. The van der Waals surface area contributed by atoms with Crippen molar-refractivity contribution in [1.29, 1.82) is 0 Å². The van der Waals surface area contributed by atoms with Crippen LogP contribution in [0, 0.1) is 5.82 Å². The van der Waals surface area contributed by atoms with Crippen molar-refractivity contribution in [3.05, 3.63) is 114 Å². The minimum absolute atomic E-state index is 0.148. The molecule has 3 heteroatoms. The molecule has 37 heavy (non-hydrogen) atoms. The summed E-state index contributed by atoms with van der Waals surface area (Å²) in [5.41, 5.74) is 5.17. The fraction of sp³-hybridized carbons (Fsp3) is 0.324. The van der Waals surface area contributed by atoms with Gasteiger partial charge in [0.25, 0.3) is 0 Å². The molecule has 0 heterocycles. The van der Waals surface area contributed by atoms with Gasteiger partial charge in [0, 0.05) is 5.56 Å². The Morgan fingerprint density at radius 1 is 0.757 bits per heavy atom. The summed E-state index contributed by atoms with van der Waals surface area (Å²) < 4.78 is 18.8. The zero-order valence-corrected chi connectivity index (χ0v) is 22.1. The van der Waals surface area contributed by atoms with E-state index < -0.39 is 0 Å². The Morgan fingerprint density at radius 2 is 1.32 bits per heavy atom. The summed E-state index contributed by atoms with van der Waals surface area (Å²) in [4.78, 5) is 12.2. The molecule has 0 saturated carbocycles. The molecule has 3 rings (SSSR count). The van der Waals surface area contributed by atoms with Gasteiger partial charge in [-0.05, 0) is 85.4 Å². The largest absolute Gasteiger partial charge is 0.494 e. The van der Waals surface area contributed by atoms with E-state index in [9.17, 15) is 9.18 Å². The summed E-state index contributed by atoms with van der Waals surface area (Å²) in [7, 11) is 0. The first kappa shape index (κ1) is 28.1. The van der Waals surface area contributed by atoms with Crippen molar-refractivity contribution in [1.82, 2.24) is 0 Å². The fourth-order valence-electron chi connectivity index (χ4n) is 4.20. The highest BCUT2D eigenvalue weighted by molar-refractivity contribution is 6.06. The molecule has 3 aromatic rings. The van der Waals surface area contributed by atoms with Gasteiger partial charge in [-0.15, -0.1) is 0 Å². The summed E-state index contributed by atoms with van der Waals surface area (Å²) in [6.07, 6.45) is 14.4. The molecule has 0 fully saturated rings. The molecule has 194 valence electrons. The third-order valence-electron chi connectivity index (χ3n) is 6.51. The van der Waals surface area contributed by atoms with Gasteiger partial charge in [0.1, 0.15) is 11.6 Å². The van der Waals surface area contributed by atoms with Crippen LogP contribution >= 0.6 is 0 Å². The number of carbonyl (C=O) groups excluding carboxylic acids is 1. The normalized spacial score (nSPS) is 11.1. The molecule has 0 spiro atoms. The predicted molar refractivity (Wildman–Crippen MR) is 153 cm³/mol. The monoisotopic (exact) mass is 498 g/mol. The van der Waals surface area contributed by atoms with Crippen LogP contribution in [0.15, 0.2) is 85.5 Å². The molecular weight excluding hydrogens is 459 g/mol. The number of aryl methyl sites for hydroxylation is 1. The highest BCUT2D eigenvalue weighted by Crippen LogP contribution is 2.17. The molecule has 2 nitrogen and oxygen atoms in total. The lowest BCUT2D eigenvalue weighted by Crippen LogP contribution is -1.97. The molecule has 0 N–H and O–H groups in total. The highest BCUT2D eigenvalue weighted by Gasteiger charge is 2.02. The van der Waals surface area contributed by atoms with E-state index in [2.05, 4.69) is 30.8 Å². The van der Waals surface area contributed by atoms with Crippen LogP contribution in [0.25, 0.3) is 11.6 Å². The van der Waals surface area contributed by atoms with Crippen molar-refractivity contribution in [3.63, 3.8) is 0 Å². The first-order valence-electron chi connectivity index (χ1n) is 13.5. The van der Waals surface area contributed by atoms with Gasteiger partial charge in [-0.3, -0.25) is 4.79 Å². The van der Waals surface area contributed by atoms with Crippen LogP contribution in [0.1, 0.15) is 85.3 Å². The van der Waals surface area contributed by atoms with Gasteiger partial charge in [0.2, 0.25) is 0 Å². The number of rotatable bonds is 16. The Hall–Kier alpha value is -3.46. The molecule has 0 bridgehead atoms. The van der Waals surface area contributed by atoms with E-state index in [4.69, 9.17) is 4.74 Å². The number of benzene rings is 3. The number of halogens is 1. The van der Waals surface area contributed by atoms with E-state index in [1.54, 1.807) is 6.08 Å². The molecule has 0 aromatic heterocycles. The minimum Gasteiger partial charge on any atom is -0.494 e. The number of hydrogen-bond donors (Lipinski definition) is 0. The molecule has 0 unspecified atom stereocenters. The predicted octanol–water partition coefficient (Wildman–Crippen LogP) is 9.50. The number of ether oxygens (including phenoxy) is 1. The van der Waals surface area contributed by atoms with E-state index in [0.717, 1.165) is 29.9 Å². The Labute approximate surface area is 221 Å². The summed E-state index contributed by atoms with van der Waals surface area (Å²) in [6, 6.07) is 22.1. The number of allylic oxidation sites excluding steroid dienone is 2. The van der Waals surface area contributed by atoms with E-state index in [0.29, 0.717) is 5.56 Å². The standard InChI is InChI=1S/C34H39FO2/c1-27(2)30-17-12-28(13-18-30)11-9-7-5-3-4-6-8-10-26-37-33-23-14-29(15-24-33)16-25-34(36)31-19-21-32(35)22-20-31/h12-25H,1,3-11,26H2,2H3/b25-16+. The maximum absolute atomic E-state index is 13.0. The average molecular weight is 499 g/mol. The second kappa shape index (κ2) is 15.6. The van der Waals surface area contributed by atoms with Crippen molar-refractivity contribution in [2.45, 2.75) is 64.7 Å². The van der Waals surface area contributed by atoms with Crippen molar-refractivity contribution in [3.8, 4) is 5.75 Å². The summed E-state index contributed by atoms with van der Waals surface area (Å²) in [5.74, 6) is 0.348. The third kappa shape index (κ3) is 10.6. The van der Waals surface area contributed by atoms with Gasteiger partial charge in [-0.25, -0.2) is 4.39 Å². The van der Waals surface area contributed by atoms with Crippen LogP contribution in [0.2, 0.25) is 0 Å². The maximum atomic E-state index is 13.0. The van der Waals surface area contributed by atoms with Gasteiger partial charge in [0.15, 0.2) is 5.78 Å². The van der Waals surface area contributed by atoms with Gasteiger partial charge in [-0.1, -0.05) is 93.2 Å². The fourth-order valence-corrected chi connectivity index (χ4v) is 4.20. The zero-order valence-electron chi connectivity index (χ0n) is 22.1. The Balaban J connectivity index is 1.19. The van der Waals surface area contributed by atoms with Crippen molar-refractivity contribution >= 4 is 17.4 Å². The molecule has 0 radical (unpaired) electrons. The number of unbranched alkanes of at least 4 members (excludes halogenated alkanes) is 7. The Bertz CT molecular complexity index is 1130. The lowest BCUT2D eigenvalue weighted by molar-refractivity contribution is 0.104. The quantitative estimate of drug-likeness (QED) is 0.112. The lowest BCUT2D eigenvalue weighted by atomic mass is 10.0. The Morgan fingerprint density at radius 3 is 1.95 bits per heavy atom. The van der Waals surface area contributed by atoms with Crippen molar-refractivity contribution in [2.75, 3.05) is 6.61 Å². The van der Waals surface area contributed by atoms with Crippen molar-refractivity contribution in [2.24, 2.45) is 0 Å². The van der Waals surface area contributed by atoms with Crippen molar-refractivity contribution < 1.29 is 13.9 Å². The van der Waals surface area contributed by atoms with E-state index in [-0.39, 0.29) is 11.6 Å². The molecule has 0 atom stereocenters. The van der Waals surface area contributed by atoms with E-state index >= 15 is 0 Å². The molecule has 0 aliphatic rings. The molecule has 3 aromatic carbocycles. The van der Waals surface area contributed by atoms with Gasteiger partial charge in [-0.2, -0.15) is 0 Å². The first-order valence-corrected chi connectivity index (χ1v) is 13.5. The molecular formula is C34H39FO2. The maximum Gasteiger partial charge on any atom is 0.185 e. The summed E-state index contributed by atoms with van der Waals surface area (Å²) in [6.45, 7) is 6.77. The number of carbonyl (C=O) groups is 1. The SMILES string of the molecule is C=C(C)c1ccc(CCCCCCCCCCOc2ccc(/C=C/C(=O)c3ccc(F)cc3)cc2)cc1. The topological polar surface area (TPSA) is 26.3 Å². The van der Waals surface area contributed by atoms with Crippen LogP contribution in [0.3, 0.4) is 0 Å². The highest BCUT2D eigenvalue weighted by atomic mass is 19.1. The molecule has 0 amide bonds. The summed E-state index contributed by atoms with van der Waals surface area (Å²) >= 11 is 0. The minimum atomic E-state index is -0.348. The van der Waals surface area contributed by atoms with Gasteiger partial charge >= 0.3 is 0 Å². The molecule has 0 aliphatic heterocycles. The smallest absolute Gasteiger partial charge is 0.185 e. The summed E-state index contributed by atoms with van der Waals surface area (Å²) in [5, 5.41) is 0. The van der Waals surface area contributed by atoms with Gasteiger partial charge in [0.05, 0.1) is 6.61 Å². The zero-order chi connectivity index (χ0) is 26.3. The number of ketones is 1. The third-order valence-corrected chi connectivity index (χ3v) is 6.51. The van der Waals surface area contributed by atoms with Crippen LogP contribution in [0.5, 0.6) is 5.75 Å². The molecule has 0 saturated heterocycles. The second-order valence-corrected chi connectivity index (χ2v) is 9.68. The average Bonchev–Trinajstić information content (AvgIpc) is 2.91. The van der Waals surface area contributed by atoms with Gasteiger partial charge < -0.3 is 4.74 Å². The van der Waals surface area contributed by atoms with Crippen LogP contribution in [-0.2, 0) is 6.42 Å². The number of hydrogen-bond acceptors (Lipinski definition) is 2. The van der Waals surface area contributed by atoms with Crippen LogP contribution in [0.4, 0.5) is 4.39 Å². The van der Waals surface area contributed by atoms with Crippen LogP contribution in [-0.4, -0.2) is 12.4 Å². The van der Waals surface area contributed by atoms with E-state index in [1.807, 2.05) is 31.2 Å². The lowest BCUT2D eigenvalue weighted by Gasteiger charge is -2.07. The molecule has 0 aliphatic carbocycles. The van der Waals surface area contributed by atoms with E-state index in [1.165, 1.54) is 92.8 Å². The first-order chi connectivity index (χ1) is 18.0. The van der Waals surface area contributed by atoms with Crippen LogP contribution < -0.4 is 4.74 Å². The second-order valence-electron chi connectivity index (χ2n) is 9.68.